The van der Waals surface area contributed by atoms with Crippen LogP contribution in [0, 0.1) is 5.92 Å². The Kier molecular flexibility index (Phi) is 7.64. The maximum atomic E-state index is 12.9. The molecule has 6 rings (SSSR count). The molecular weight excluding hydrogens is 478 g/mol. The lowest BCUT2D eigenvalue weighted by Gasteiger charge is -2.34. The number of carbonyl (C=O) groups is 1. The van der Waals surface area contributed by atoms with E-state index in [1.165, 1.54) is 0 Å². The van der Waals surface area contributed by atoms with E-state index in [0.717, 1.165) is 112 Å². The van der Waals surface area contributed by atoms with E-state index in [-0.39, 0.29) is 11.8 Å². The number of ether oxygens (including phenoxy) is 1. The molecule has 0 aromatic carbocycles. The minimum Gasteiger partial charge on any atom is -0.381 e. The van der Waals surface area contributed by atoms with Crippen molar-refractivity contribution in [1.29, 1.82) is 0 Å². The average Bonchev–Trinajstić information content (AvgIpc) is 2.98. The third-order valence-corrected chi connectivity index (χ3v) is 8.09. The van der Waals surface area contributed by atoms with Crippen LogP contribution >= 0.6 is 0 Å². The molecule has 3 aromatic rings. The van der Waals surface area contributed by atoms with Gasteiger partial charge in [-0.25, -0.2) is 9.97 Å². The second-order valence-electron chi connectivity index (χ2n) is 10.7. The first-order valence-corrected chi connectivity index (χ1v) is 14.0. The largest absolute Gasteiger partial charge is 0.381 e. The Morgan fingerprint density at radius 3 is 2.61 bits per heavy atom. The zero-order valence-corrected chi connectivity index (χ0v) is 21.9. The Labute approximate surface area is 223 Å². The molecule has 3 fully saturated rings. The Bertz CT molecular complexity index is 1250. The normalized spacial score (nSPS) is 19.9. The fourth-order valence-electron chi connectivity index (χ4n) is 5.83. The number of carbonyl (C=O) groups excluding carboxylic acids is 1. The molecule has 200 valence electrons. The second-order valence-corrected chi connectivity index (χ2v) is 10.7. The average molecular weight is 516 g/mol. The van der Waals surface area contributed by atoms with Crippen molar-refractivity contribution in [3.8, 4) is 11.3 Å². The SMILES string of the molecule is O=C(NC1CCNCC1)C1CCN(c2nc(-c3ccnc(NC4CCOCC4)c3)cc3cnccc23)CC1. The van der Waals surface area contributed by atoms with Crippen molar-refractivity contribution in [1.82, 2.24) is 25.6 Å². The molecule has 38 heavy (non-hydrogen) atoms. The van der Waals surface area contributed by atoms with Crippen LogP contribution in [0.3, 0.4) is 0 Å². The van der Waals surface area contributed by atoms with Crippen LogP contribution in [0.1, 0.15) is 38.5 Å². The summed E-state index contributed by atoms with van der Waals surface area (Å²) in [5.74, 6) is 2.11. The molecular formula is C29H37N7O2. The number of amides is 1. The maximum Gasteiger partial charge on any atom is 0.223 e. The van der Waals surface area contributed by atoms with Crippen LogP contribution in [0.25, 0.3) is 22.0 Å². The summed E-state index contributed by atoms with van der Waals surface area (Å²) in [6, 6.07) is 8.94. The molecule has 0 spiro atoms. The molecule has 0 atom stereocenters. The summed E-state index contributed by atoms with van der Waals surface area (Å²) in [6.45, 7) is 5.17. The van der Waals surface area contributed by atoms with E-state index in [9.17, 15) is 4.79 Å². The van der Waals surface area contributed by atoms with Crippen LogP contribution in [-0.4, -0.2) is 72.3 Å². The Morgan fingerprint density at radius 2 is 1.79 bits per heavy atom. The molecule has 0 bridgehead atoms. The Hall–Kier alpha value is -3.30. The highest BCUT2D eigenvalue weighted by atomic mass is 16.5. The summed E-state index contributed by atoms with van der Waals surface area (Å²) < 4.78 is 5.49. The highest BCUT2D eigenvalue weighted by Gasteiger charge is 2.28. The van der Waals surface area contributed by atoms with Gasteiger partial charge in [0.05, 0.1) is 5.69 Å². The lowest BCUT2D eigenvalue weighted by Crippen LogP contribution is -2.47. The van der Waals surface area contributed by atoms with Gasteiger partial charge in [-0.1, -0.05) is 0 Å². The van der Waals surface area contributed by atoms with Crippen molar-refractivity contribution in [2.24, 2.45) is 5.92 Å². The van der Waals surface area contributed by atoms with Crippen LogP contribution < -0.4 is 20.9 Å². The Morgan fingerprint density at radius 1 is 0.974 bits per heavy atom. The van der Waals surface area contributed by atoms with Crippen LogP contribution in [0.2, 0.25) is 0 Å². The lowest BCUT2D eigenvalue weighted by molar-refractivity contribution is -0.126. The van der Waals surface area contributed by atoms with Gasteiger partial charge in [-0.05, 0) is 75.9 Å². The van der Waals surface area contributed by atoms with E-state index in [1.54, 1.807) is 0 Å². The van der Waals surface area contributed by atoms with E-state index in [0.29, 0.717) is 12.1 Å². The molecule has 0 radical (unpaired) electrons. The number of nitrogens with zero attached hydrogens (tertiary/aromatic N) is 4. The van der Waals surface area contributed by atoms with Gasteiger partial charge in [0.25, 0.3) is 0 Å². The quantitative estimate of drug-likeness (QED) is 0.459. The molecule has 0 unspecified atom stereocenters. The molecule has 0 saturated carbocycles. The smallest absolute Gasteiger partial charge is 0.223 e. The number of anilines is 2. The second kappa shape index (κ2) is 11.6. The topological polar surface area (TPSA) is 104 Å². The monoisotopic (exact) mass is 515 g/mol. The fourth-order valence-corrected chi connectivity index (χ4v) is 5.83. The molecule has 9 nitrogen and oxygen atoms in total. The molecule has 3 aromatic heterocycles. The minimum absolute atomic E-state index is 0.0660. The number of nitrogens with one attached hydrogen (secondary N) is 3. The number of hydrogen-bond donors (Lipinski definition) is 3. The molecule has 3 saturated heterocycles. The van der Waals surface area contributed by atoms with Crippen molar-refractivity contribution in [3.05, 3.63) is 42.9 Å². The standard InChI is InChI=1S/C29H37N7O2/c37-29(34-23-2-9-30-10-3-23)20-5-13-36(14-6-20)28-25-4-11-31-19-22(25)17-26(35-28)21-1-12-32-27(18-21)33-24-7-15-38-16-8-24/h1,4,11-12,17-20,23-24,30H,2-3,5-10,13-16H2,(H,32,33)(H,34,37). The summed E-state index contributed by atoms with van der Waals surface area (Å²) in [5.41, 5.74) is 1.93. The number of aromatic nitrogens is 3. The van der Waals surface area contributed by atoms with E-state index in [4.69, 9.17) is 9.72 Å². The summed E-state index contributed by atoms with van der Waals surface area (Å²) in [5, 5.41) is 12.4. The number of hydrogen-bond acceptors (Lipinski definition) is 8. The molecule has 3 aliphatic rings. The van der Waals surface area contributed by atoms with Crippen LogP contribution in [-0.2, 0) is 9.53 Å². The van der Waals surface area contributed by atoms with Crippen molar-refractivity contribution >= 4 is 28.3 Å². The maximum absolute atomic E-state index is 12.9. The van der Waals surface area contributed by atoms with Gasteiger partial charge in [0.15, 0.2) is 0 Å². The predicted molar refractivity (Wildman–Crippen MR) is 149 cm³/mol. The van der Waals surface area contributed by atoms with Crippen LogP contribution in [0.4, 0.5) is 11.6 Å². The third kappa shape index (κ3) is 5.73. The van der Waals surface area contributed by atoms with Crippen molar-refractivity contribution in [2.45, 2.75) is 50.6 Å². The van der Waals surface area contributed by atoms with Crippen molar-refractivity contribution < 1.29 is 9.53 Å². The molecule has 6 heterocycles. The van der Waals surface area contributed by atoms with E-state index < -0.39 is 0 Å². The zero-order valence-electron chi connectivity index (χ0n) is 21.9. The number of fused-ring (bicyclic) bond motifs is 1. The van der Waals surface area contributed by atoms with Crippen molar-refractivity contribution in [2.75, 3.05) is 49.6 Å². The third-order valence-electron chi connectivity index (χ3n) is 8.09. The molecule has 3 aliphatic heterocycles. The van der Waals surface area contributed by atoms with Crippen molar-refractivity contribution in [3.63, 3.8) is 0 Å². The molecule has 0 aliphatic carbocycles. The lowest BCUT2D eigenvalue weighted by atomic mass is 9.94. The van der Waals surface area contributed by atoms with E-state index in [1.807, 2.05) is 30.7 Å². The number of rotatable bonds is 6. The van der Waals surface area contributed by atoms with Gasteiger partial charge >= 0.3 is 0 Å². The van der Waals surface area contributed by atoms with Gasteiger partial charge in [0.1, 0.15) is 11.6 Å². The van der Waals surface area contributed by atoms with Gasteiger partial charge < -0.3 is 25.6 Å². The summed E-state index contributed by atoms with van der Waals surface area (Å²) in [6.07, 6.45) is 11.3. The van der Waals surface area contributed by atoms with E-state index >= 15 is 0 Å². The van der Waals surface area contributed by atoms with E-state index in [2.05, 4.69) is 43.0 Å². The first-order chi connectivity index (χ1) is 18.7. The zero-order chi connectivity index (χ0) is 25.7. The fraction of sp³-hybridized carbons (Fsp3) is 0.517. The van der Waals surface area contributed by atoms with Gasteiger partial charge in [-0.15, -0.1) is 0 Å². The highest BCUT2D eigenvalue weighted by Crippen LogP contribution is 2.33. The molecule has 1 amide bonds. The van der Waals surface area contributed by atoms with Gasteiger partial charge in [-0.3, -0.25) is 9.78 Å². The summed E-state index contributed by atoms with van der Waals surface area (Å²) in [4.78, 5) is 29.4. The minimum atomic E-state index is 0.0660. The molecule has 3 N–H and O–H groups in total. The van der Waals surface area contributed by atoms with Gasteiger partial charge in [-0.2, -0.15) is 0 Å². The molecule has 9 heteroatoms. The highest BCUT2D eigenvalue weighted by molar-refractivity contribution is 5.94. The van der Waals surface area contributed by atoms with Gasteiger partial charge in [0.2, 0.25) is 5.91 Å². The summed E-state index contributed by atoms with van der Waals surface area (Å²) in [7, 11) is 0. The summed E-state index contributed by atoms with van der Waals surface area (Å²) >= 11 is 0. The number of piperidine rings is 2. The van der Waals surface area contributed by atoms with Crippen LogP contribution in [0.15, 0.2) is 42.9 Å². The number of pyridine rings is 3. The predicted octanol–water partition coefficient (Wildman–Crippen LogP) is 3.37. The van der Waals surface area contributed by atoms with Gasteiger partial charge in [0, 0.05) is 79.2 Å². The first kappa shape index (κ1) is 25.0. The van der Waals surface area contributed by atoms with Crippen LogP contribution in [0.5, 0.6) is 0 Å². The first-order valence-electron chi connectivity index (χ1n) is 14.0. The Balaban J connectivity index is 1.19.